The third-order valence-electron chi connectivity index (χ3n) is 7.44. The third-order valence-corrected chi connectivity index (χ3v) is 7.44. The standard InChI is InChI=1S/C26H27FN8O2/c27-17-4-3-9-35-20(17)12-18(32-35)25-24-19(34(15-30-24)23-5-1-2-11-37-23)8-10-33(25)22-14-28-21(13-29-22)31-26(36)16-6-7-16/h3-4,9,12-16,23,25H,1-2,5-8,10-11H2,(H,28,31,36). The maximum Gasteiger partial charge on any atom is 0.228 e. The van der Waals surface area contributed by atoms with Crippen LogP contribution in [0.2, 0.25) is 0 Å². The number of hydrogen-bond acceptors (Lipinski definition) is 7. The van der Waals surface area contributed by atoms with E-state index in [0.717, 1.165) is 56.5 Å². The zero-order valence-corrected chi connectivity index (χ0v) is 20.3. The number of rotatable bonds is 5. The summed E-state index contributed by atoms with van der Waals surface area (Å²) >= 11 is 0. The number of nitrogens with one attached hydrogen (secondary N) is 1. The van der Waals surface area contributed by atoms with Crippen molar-refractivity contribution in [3.8, 4) is 0 Å². The number of fused-ring (bicyclic) bond motifs is 2. The van der Waals surface area contributed by atoms with Gasteiger partial charge in [-0.25, -0.2) is 23.9 Å². The number of imidazole rings is 1. The Hall–Kier alpha value is -3.86. The second-order valence-electron chi connectivity index (χ2n) is 9.93. The number of ether oxygens (including phenoxy) is 1. The van der Waals surface area contributed by atoms with Gasteiger partial charge in [-0.3, -0.25) is 4.79 Å². The maximum absolute atomic E-state index is 14.6. The molecule has 11 heteroatoms. The van der Waals surface area contributed by atoms with Gasteiger partial charge in [0.25, 0.3) is 0 Å². The minimum absolute atomic E-state index is 0.00950. The molecule has 0 radical (unpaired) electrons. The molecule has 0 bridgehead atoms. The quantitative estimate of drug-likeness (QED) is 0.444. The average Bonchev–Trinajstić information content (AvgIpc) is 3.55. The van der Waals surface area contributed by atoms with Crippen molar-refractivity contribution in [1.82, 2.24) is 29.1 Å². The smallest absolute Gasteiger partial charge is 0.228 e. The first-order valence-corrected chi connectivity index (χ1v) is 12.9. The molecule has 4 aromatic heterocycles. The molecule has 2 aliphatic heterocycles. The Kier molecular flexibility index (Phi) is 5.38. The van der Waals surface area contributed by atoms with Gasteiger partial charge in [-0.15, -0.1) is 0 Å². The van der Waals surface area contributed by atoms with Crippen molar-refractivity contribution < 1.29 is 13.9 Å². The maximum atomic E-state index is 14.6. The van der Waals surface area contributed by atoms with Gasteiger partial charge in [0.05, 0.1) is 30.1 Å². The largest absolute Gasteiger partial charge is 0.358 e. The number of carbonyl (C=O) groups excluding carboxylic acids is 1. The summed E-state index contributed by atoms with van der Waals surface area (Å²) in [5.41, 5.74) is 3.04. The van der Waals surface area contributed by atoms with Crippen LogP contribution in [0.15, 0.2) is 43.1 Å². The summed E-state index contributed by atoms with van der Waals surface area (Å²) in [4.78, 5) is 28.2. The summed E-state index contributed by atoms with van der Waals surface area (Å²) in [6.07, 6.45) is 12.6. The normalized spacial score (nSPS) is 21.7. The van der Waals surface area contributed by atoms with Crippen molar-refractivity contribution in [2.24, 2.45) is 5.92 Å². The van der Waals surface area contributed by atoms with Crippen molar-refractivity contribution in [3.05, 3.63) is 66.0 Å². The van der Waals surface area contributed by atoms with Crippen molar-refractivity contribution in [2.45, 2.75) is 50.8 Å². The molecule has 2 atom stereocenters. The lowest BCUT2D eigenvalue weighted by Crippen LogP contribution is -2.38. The molecule has 3 aliphatic rings. The van der Waals surface area contributed by atoms with Crippen LogP contribution in [0.25, 0.3) is 5.52 Å². The van der Waals surface area contributed by atoms with E-state index in [1.807, 2.05) is 6.33 Å². The Morgan fingerprint density at radius 1 is 1.14 bits per heavy atom. The lowest BCUT2D eigenvalue weighted by Gasteiger charge is -2.36. The van der Waals surface area contributed by atoms with E-state index in [9.17, 15) is 9.18 Å². The van der Waals surface area contributed by atoms with Crippen molar-refractivity contribution in [3.63, 3.8) is 0 Å². The predicted octanol–water partition coefficient (Wildman–Crippen LogP) is 3.66. The number of aromatic nitrogens is 6. The van der Waals surface area contributed by atoms with Crippen molar-refractivity contribution in [2.75, 3.05) is 23.4 Å². The van der Waals surface area contributed by atoms with E-state index in [2.05, 4.69) is 24.8 Å². The van der Waals surface area contributed by atoms with Gasteiger partial charge in [-0.05, 0) is 50.3 Å². The molecule has 6 heterocycles. The number of hydrogen-bond donors (Lipinski definition) is 1. The van der Waals surface area contributed by atoms with Gasteiger partial charge >= 0.3 is 0 Å². The van der Waals surface area contributed by atoms with Crippen LogP contribution in [-0.2, 0) is 16.0 Å². The fourth-order valence-corrected chi connectivity index (χ4v) is 5.37. The molecule has 2 unspecified atom stereocenters. The monoisotopic (exact) mass is 502 g/mol. The van der Waals surface area contributed by atoms with Gasteiger partial charge in [0.1, 0.15) is 29.4 Å². The molecule has 0 spiro atoms. The van der Waals surface area contributed by atoms with Gasteiger partial charge < -0.3 is 19.5 Å². The van der Waals surface area contributed by atoms with Crippen LogP contribution in [-0.4, -0.2) is 48.2 Å². The van der Waals surface area contributed by atoms with E-state index in [-0.39, 0.29) is 29.9 Å². The highest BCUT2D eigenvalue weighted by molar-refractivity contribution is 5.93. The lowest BCUT2D eigenvalue weighted by molar-refractivity contribution is -0.117. The van der Waals surface area contributed by atoms with Gasteiger partial charge in [-0.2, -0.15) is 5.10 Å². The van der Waals surface area contributed by atoms with Crippen molar-refractivity contribution in [1.29, 1.82) is 0 Å². The highest BCUT2D eigenvalue weighted by Crippen LogP contribution is 2.39. The summed E-state index contributed by atoms with van der Waals surface area (Å²) in [5.74, 6) is 0.819. The number of nitrogens with zero attached hydrogens (tertiary/aromatic N) is 7. The molecule has 1 amide bonds. The van der Waals surface area contributed by atoms with Crippen LogP contribution in [0.3, 0.4) is 0 Å². The Labute approximate surface area is 212 Å². The Balaban J connectivity index is 1.27. The summed E-state index contributed by atoms with van der Waals surface area (Å²) < 4.78 is 24.3. The average molecular weight is 503 g/mol. The van der Waals surface area contributed by atoms with E-state index >= 15 is 0 Å². The van der Waals surface area contributed by atoms with E-state index in [1.54, 1.807) is 35.2 Å². The fraction of sp³-hybridized carbons (Fsp3) is 0.423. The Bertz CT molecular complexity index is 1460. The molecular formula is C26H27FN8O2. The zero-order chi connectivity index (χ0) is 24.9. The van der Waals surface area contributed by atoms with Crippen LogP contribution in [0.1, 0.15) is 61.5 Å². The fourth-order valence-electron chi connectivity index (χ4n) is 5.37. The van der Waals surface area contributed by atoms with E-state index in [1.165, 1.54) is 6.07 Å². The topological polar surface area (TPSA) is 102 Å². The zero-order valence-electron chi connectivity index (χ0n) is 20.3. The first-order valence-electron chi connectivity index (χ1n) is 12.9. The van der Waals surface area contributed by atoms with Crippen molar-refractivity contribution >= 4 is 23.1 Å². The molecule has 4 aromatic rings. The highest BCUT2D eigenvalue weighted by atomic mass is 19.1. The van der Waals surface area contributed by atoms with E-state index in [0.29, 0.717) is 29.4 Å². The SMILES string of the molecule is O=C(Nc1cnc(N2CCc3c(ncn3C3CCCCO3)C2c2cc3c(F)cccn3n2)cn1)C1CC1. The number of anilines is 2. The highest BCUT2D eigenvalue weighted by Gasteiger charge is 2.37. The van der Waals surface area contributed by atoms with Crippen LogP contribution >= 0.6 is 0 Å². The van der Waals surface area contributed by atoms with Gasteiger partial charge in [-0.1, -0.05) is 0 Å². The van der Waals surface area contributed by atoms with E-state index < -0.39 is 0 Å². The predicted molar refractivity (Wildman–Crippen MR) is 132 cm³/mol. The summed E-state index contributed by atoms with van der Waals surface area (Å²) in [5, 5.41) is 7.56. The molecule has 1 saturated carbocycles. The van der Waals surface area contributed by atoms with Crippen LogP contribution in [0, 0.1) is 11.7 Å². The van der Waals surface area contributed by atoms with Gasteiger partial charge in [0, 0.05) is 37.4 Å². The van der Waals surface area contributed by atoms with Crippen LogP contribution in [0.5, 0.6) is 0 Å². The van der Waals surface area contributed by atoms with Gasteiger partial charge in [0.2, 0.25) is 5.91 Å². The summed E-state index contributed by atoms with van der Waals surface area (Å²) in [6.45, 7) is 1.40. The molecule has 37 heavy (non-hydrogen) atoms. The minimum atomic E-state index is -0.380. The molecule has 1 N–H and O–H groups in total. The van der Waals surface area contributed by atoms with Crippen LogP contribution in [0.4, 0.5) is 16.0 Å². The first-order chi connectivity index (χ1) is 18.2. The Morgan fingerprint density at radius 3 is 2.81 bits per heavy atom. The molecule has 0 aromatic carbocycles. The molecule has 1 saturated heterocycles. The lowest BCUT2D eigenvalue weighted by atomic mass is 9.99. The first kappa shape index (κ1) is 22.3. The van der Waals surface area contributed by atoms with Gasteiger partial charge in [0.15, 0.2) is 5.82 Å². The number of amides is 1. The minimum Gasteiger partial charge on any atom is -0.358 e. The Morgan fingerprint density at radius 2 is 2.05 bits per heavy atom. The second kappa shape index (κ2) is 8.91. The van der Waals surface area contributed by atoms with E-state index in [4.69, 9.17) is 14.8 Å². The molecule has 7 rings (SSSR count). The number of halogens is 1. The number of carbonyl (C=O) groups is 1. The number of pyridine rings is 1. The molecule has 10 nitrogen and oxygen atoms in total. The second-order valence-corrected chi connectivity index (χ2v) is 9.93. The summed E-state index contributed by atoms with van der Waals surface area (Å²) in [6, 6.07) is 4.46. The molecule has 2 fully saturated rings. The van der Waals surface area contributed by atoms with Crippen LogP contribution < -0.4 is 10.2 Å². The molecule has 1 aliphatic carbocycles. The third kappa shape index (κ3) is 4.03. The molecule has 190 valence electrons. The molecular weight excluding hydrogens is 475 g/mol. The summed E-state index contributed by atoms with van der Waals surface area (Å²) in [7, 11) is 0.